The molecule has 0 amide bonds. The van der Waals surface area contributed by atoms with E-state index < -0.39 is 80.6 Å². The van der Waals surface area contributed by atoms with E-state index in [1.54, 1.807) is 0 Å². The first-order valence-corrected chi connectivity index (χ1v) is 18.1. The number of carbonyl (C=O) groups is 1. The predicted octanol–water partition coefficient (Wildman–Crippen LogP) is 2.50. The standard InChI is InChI=1S/C22H44O2.C12H22O11/c1-2-3-4-5-6-7-8-9-10-11-12-13-14-15-16-17-18-19-20-21-22(23)24;13-1-3-5(15)6(16)9(19)12(22-3)23-10-4(2-14)21-11(20)8(18)7(10)17/h2-21H2,1H3,(H,23,24);3-20H,1-2H2/t;3-,4-,5+,6+,7-,8-,9-,10-,11-,12+/m.1/s1. The fourth-order valence-electron chi connectivity index (χ4n) is 5.92. The molecule has 0 spiro atoms. The van der Waals surface area contributed by atoms with Crippen molar-refractivity contribution in [1.29, 1.82) is 0 Å². The minimum absolute atomic E-state index is 0.346. The fourth-order valence-corrected chi connectivity index (χ4v) is 5.92. The first kappa shape index (κ1) is 44.1. The van der Waals surface area contributed by atoms with Gasteiger partial charge < -0.3 is 60.2 Å². The van der Waals surface area contributed by atoms with Gasteiger partial charge in [0.1, 0.15) is 48.8 Å². The Labute approximate surface area is 280 Å². The molecular formula is C34H66O13. The Morgan fingerprint density at radius 3 is 1.36 bits per heavy atom. The summed E-state index contributed by atoms with van der Waals surface area (Å²) in [4.78, 5) is 10.4. The second-order valence-electron chi connectivity index (χ2n) is 13.0. The van der Waals surface area contributed by atoms with Gasteiger partial charge in [-0.05, 0) is 6.42 Å². The van der Waals surface area contributed by atoms with Crippen LogP contribution in [0.4, 0.5) is 0 Å². The number of rotatable bonds is 24. The van der Waals surface area contributed by atoms with Gasteiger partial charge >= 0.3 is 5.97 Å². The molecule has 0 unspecified atom stereocenters. The van der Waals surface area contributed by atoms with Gasteiger partial charge in [0.2, 0.25) is 0 Å². The lowest BCUT2D eigenvalue weighted by Gasteiger charge is -2.45. The number of carboxylic acid groups (broad SMARTS) is 1. The lowest BCUT2D eigenvalue weighted by Crippen LogP contribution is -2.64. The molecular weight excluding hydrogens is 616 g/mol. The number of aliphatic hydroxyl groups is 8. The molecule has 2 fully saturated rings. The third kappa shape index (κ3) is 18.0. The van der Waals surface area contributed by atoms with Crippen LogP contribution < -0.4 is 0 Å². The zero-order valence-corrected chi connectivity index (χ0v) is 28.5. The summed E-state index contributed by atoms with van der Waals surface area (Å²) in [6.45, 7) is 0.938. The summed E-state index contributed by atoms with van der Waals surface area (Å²) in [6, 6.07) is 0. The summed E-state index contributed by atoms with van der Waals surface area (Å²) in [7, 11) is 0. The molecule has 2 aliphatic heterocycles. The molecule has 0 aromatic heterocycles. The van der Waals surface area contributed by atoms with Crippen molar-refractivity contribution in [3.8, 4) is 0 Å². The summed E-state index contributed by atoms with van der Waals surface area (Å²) in [5.41, 5.74) is 0. The number of ether oxygens (including phenoxy) is 3. The third-order valence-corrected chi connectivity index (χ3v) is 8.97. The van der Waals surface area contributed by atoms with Crippen molar-refractivity contribution in [2.75, 3.05) is 13.2 Å². The third-order valence-electron chi connectivity index (χ3n) is 8.97. The van der Waals surface area contributed by atoms with E-state index in [2.05, 4.69) is 6.92 Å². The van der Waals surface area contributed by atoms with Crippen molar-refractivity contribution in [2.24, 2.45) is 0 Å². The van der Waals surface area contributed by atoms with Crippen LogP contribution in [-0.2, 0) is 19.0 Å². The summed E-state index contributed by atoms with van der Waals surface area (Å²) in [5.74, 6) is -0.651. The van der Waals surface area contributed by atoms with Crippen molar-refractivity contribution in [3.05, 3.63) is 0 Å². The number of aliphatic carboxylic acids is 1. The summed E-state index contributed by atoms with van der Waals surface area (Å²) in [6.07, 6.45) is 10.5. The topological polar surface area (TPSA) is 227 Å². The van der Waals surface area contributed by atoms with Gasteiger partial charge in [-0.15, -0.1) is 0 Å². The zero-order valence-electron chi connectivity index (χ0n) is 28.5. The highest BCUT2D eigenvalue weighted by Crippen LogP contribution is 2.28. The number of carboxylic acids is 1. The van der Waals surface area contributed by atoms with Crippen LogP contribution in [0.2, 0.25) is 0 Å². The van der Waals surface area contributed by atoms with Crippen molar-refractivity contribution < 1.29 is 65.0 Å². The second-order valence-corrected chi connectivity index (χ2v) is 13.0. The number of hydrogen-bond acceptors (Lipinski definition) is 12. The normalized spacial score (nSPS) is 30.9. The van der Waals surface area contributed by atoms with E-state index in [0.29, 0.717) is 6.42 Å². The highest BCUT2D eigenvalue weighted by molar-refractivity contribution is 5.66. The van der Waals surface area contributed by atoms with Crippen LogP contribution in [0, 0.1) is 0 Å². The Morgan fingerprint density at radius 2 is 0.957 bits per heavy atom. The Kier molecular flexibility index (Phi) is 25.2. The molecule has 2 saturated heterocycles. The van der Waals surface area contributed by atoms with Gasteiger partial charge in [-0.2, -0.15) is 0 Å². The van der Waals surface area contributed by atoms with Crippen molar-refractivity contribution >= 4 is 5.97 Å². The average molecular weight is 683 g/mol. The zero-order chi connectivity index (χ0) is 35.0. The van der Waals surface area contributed by atoms with Crippen LogP contribution in [-0.4, -0.2) is 127 Å². The predicted molar refractivity (Wildman–Crippen MR) is 174 cm³/mol. The largest absolute Gasteiger partial charge is 0.481 e. The monoisotopic (exact) mass is 682 g/mol. The van der Waals surface area contributed by atoms with Gasteiger partial charge in [-0.3, -0.25) is 4.79 Å². The van der Waals surface area contributed by atoms with Crippen LogP contribution in [0.25, 0.3) is 0 Å². The lowest BCUT2D eigenvalue weighted by atomic mass is 9.97. The minimum Gasteiger partial charge on any atom is -0.481 e. The van der Waals surface area contributed by atoms with Crippen LogP contribution in [0.5, 0.6) is 0 Å². The van der Waals surface area contributed by atoms with Gasteiger partial charge in [-0.25, -0.2) is 0 Å². The Hall–Kier alpha value is -0.970. The maximum absolute atomic E-state index is 10.4. The molecule has 2 aliphatic rings. The summed E-state index contributed by atoms with van der Waals surface area (Å²) < 4.78 is 15.3. The van der Waals surface area contributed by atoms with Gasteiger partial charge in [0.05, 0.1) is 13.2 Å². The summed E-state index contributed by atoms with van der Waals surface area (Å²) in [5, 5.41) is 85.0. The molecule has 47 heavy (non-hydrogen) atoms. The molecule has 0 bridgehead atoms. The summed E-state index contributed by atoms with van der Waals surface area (Å²) >= 11 is 0. The Balaban J connectivity index is 0.000000470. The van der Waals surface area contributed by atoms with Crippen LogP contribution in [0.15, 0.2) is 0 Å². The van der Waals surface area contributed by atoms with Crippen molar-refractivity contribution in [2.45, 2.75) is 197 Å². The maximum Gasteiger partial charge on any atom is 0.303 e. The highest BCUT2D eigenvalue weighted by Gasteiger charge is 2.50. The fraction of sp³-hybridized carbons (Fsp3) is 0.971. The number of unbranched alkanes of at least 4 members (excludes halogenated alkanes) is 18. The lowest BCUT2D eigenvalue weighted by molar-refractivity contribution is -0.355. The molecule has 0 radical (unpaired) electrons. The maximum atomic E-state index is 10.4. The van der Waals surface area contributed by atoms with E-state index in [4.69, 9.17) is 24.4 Å². The van der Waals surface area contributed by atoms with Crippen LogP contribution in [0.1, 0.15) is 135 Å². The van der Waals surface area contributed by atoms with E-state index in [1.165, 1.54) is 109 Å². The molecule has 2 heterocycles. The van der Waals surface area contributed by atoms with Gasteiger partial charge in [0.15, 0.2) is 12.6 Å². The molecule has 2 rings (SSSR count). The van der Waals surface area contributed by atoms with E-state index in [1.807, 2.05) is 0 Å². The molecule has 0 aromatic carbocycles. The molecule has 0 saturated carbocycles. The van der Waals surface area contributed by atoms with E-state index in [-0.39, 0.29) is 0 Å². The first-order valence-electron chi connectivity index (χ1n) is 18.1. The molecule has 13 nitrogen and oxygen atoms in total. The quantitative estimate of drug-likeness (QED) is 0.0668. The van der Waals surface area contributed by atoms with Gasteiger partial charge in [-0.1, -0.05) is 122 Å². The van der Waals surface area contributed by atoms with Crippen molar-refractivity contribution in [3.63, 3.8) is 0 Å². The van der Waals surface area contributed by atoms with Crippen LogP contribution in [0.3, 0.4) is 0 Å². The molecule has 280 valence electrons. The molecule has 13 heteroatoms. The highest BCUT2D eigenvalue weighted by atomic mass is 16.7. The SMILES string of the molecule is CCCCCCCCCCCCCCCCCCCCCC(=O)O.OC[C@H]1O[C@@H](O[C@H]2[C@H](O)[C@@H](O)[C@H](O)O[C@@H]2CO)[C@H](O)[C@@H](O)[C@H]1O. The van der Waals surface area contributed by atoms with Gasteiger partial charge in [0.25, 0.3) is 0 Å². The first-order chi connectivity index (χ1) is 22.6. The molecule has 0 aromatic rings. The Bertz CT molecular complexity index is 756. The smallest absolute Gasteiger partial charge is 0.303 e. The average Bonchev–Trinajstić information content (AvgIpc) is 3.06. The van der Waals surface area contributed by atoms with E-state index in [9.17, 15) is 40.5 Å². The van der Waals surface area contributed by atoms with Crippen molar-refractivity contribution in [1.82, 2.24) is 0 Å². The molecule has 0 aliphatic carbocycles. The second kappa shape index (κ2) is 26.8. The van der Waals surface area contributed by atoms with Crippen LogP contribution >= 0.6 is 0 Å². The van der Waals surface area contributed by atoms with E-state index in [0.717, 1.165) is 12.8 Å². The van der Waals surface area contributed by atoms with Gasteiger partial charge in [0, 0.05) is 6.42 Å². The minimum atomic E-state index is -1.74. The molecule has 9 N–H and O–H groups in total. The van der Waals surface area contributed by atoms with E-state index >= 15 is 0 Å². The number of aliphatic hydroxyl groups excluding tert-OH is 8. The molecule has 10 atom stereocenters. The number of hydrogen-bond donors (Lipinski definition) is 9. The Morgan fingerprint density at radius 1 is 0.532 bits per heavy atom.